The van der Waals surface area contributed by atoms with Gasteiger partial charge in [-0.2, -0.15) is 0 Å². The second-order valence-corrected chi connectivity index (χ2v) is 7.86. The molecule has 2 aliphatic rings. The first-order chi connectivity index (χ1) is 12.4. The zero-order valence-corrected chi connectivity index (χ0v) is 15.9. The molecule has 2 saturated heterocycles. The van der Waals surface area contributed by atoms with Gasteiger partial charge in [-0.05, 0) is 31.7 Å². The number of amides is 2. The molecule has 6 nitrogen and oxygen atoms in total. The minimum Gasteiger partial charge on any atom is -0.342 e. The minimum atomic E-state index is -0.170. The molecule has 3 rings (SSSR count). The highest BCUT2D eigenvalue weighted by Crippen LogP contribution is 2.39. The number of piperidine rings is 2. The van der Waals surface area contributed by atoms with Gasteiger partial charge in [0.15, 0.2) is 0 Å². The largest absolute Gasteiger partial charge is 0.342 e. The predicted molar refractivity (Wildman–Crippen MR) is 100.0 cm³/mol. The second kappa shape index (κ2) is 7.64. The van der Waals surface area contributed by atoms with E-state index in [9.17, 15) is 14.4 Å². The van der Waals surface area contributed by atoms with Crippen LogP contribution in [0.2, 0.25) is 0 Å². The standard InChI is InChI=1S/C20H29N3O3/c1-3-4-10-22-14-20(9-6-17(22)24)8-5-11-23(15-20)19(26)16-7-12-21(2)18(25)13-16/h7,12-13H,3-6,8-11,14-15H2,1-2H3/t20-/m0/s1. The summed E-state index contributed by atoms with van der Waals surface area (Å²) in [6, 6.07) is 3.13. The summed E-state index contributed by atoms with van der Waals surface area (Å²) in [6.07, 6.45) is 7.19. The van der Waals surface area contributed by atoms with Crippen molar-refractivity contribution in [3.8, 4) is 0 Å². The van der Waals surface area contributed by atoms with Gasteiger partial charge in [-0.25, -0.2) is 0 Å². The fourth-order valence-electron chi connectivity index (χ4n) is 4.23. The molecule has 0 bridgehead atoms. The summed E-state index contributed by atoms with van der Waals surface area (Å²) in [7, 11) is 1.68. The Kier molecular flexibility index (Phi) is 5.49. The number of carbonyl (C=O) groups excluding carboxylic acids is 2. The molecular weight excluding hydrogens is 330 g/mol. The lowest BCUT2D eigenvalue weighted by Gasteiger charge is -2.48. The maximum atomic E-state index is 12.9. The second-order valence-electron chi connectivity index (χ2n) is 7.86. The molecule has 26 heavy (non-hydrogen) atoms. The zero-order chi connectivity index (χ0) is 18.7. The zero-order valence-electron chi connectivity index (χ0n) is 15.9. The maximum Gasteiger partial charge on any atom is 0.254 e. The van der Waals surface area contributed by atoms with Crippen LogP contribution in [-0.2, 0) is 11.8 Å². The molecule has 1 spiro atoms. The summed E-state index contributed by atoms with van der Waals surface area (Å²) < 4.78 is 1.47. The van der Waals surface area contributed by atoms with E-state index in [0.717, 1.165) is 51.7 Å². The Morgan fingerprint density at radius 2 is 2.04 bits per heavy atom. The first kappa shape index (κ1) is 18.7. The Balaban J connectivity index is 1.73. The van der Waals surface area contributed by atoms with Crippen molar-refractivity contribution in [3.05, 3.63) is 34.2 Å². The molecular formula is C20H29N3O3. The topological polar surface area (TPSA) is 62.6 Å². The number of aryl methyl sites for hydroxylation is 1. The van der Waals surface area contributed by atoms with Crippen LogP contribution >= 0.6 is 0 Å². The number of aromatic nitrogens is 1. The van der Waals surface area contributed by atoms with Gasteiger partial charge in [0.1, 0.15) is 0 Å². The fourth-order valence-corrected chi connectivity index (χ4v) is 4.23. The van der Waals surface area contributed by atoms with Crippen molar-refractivity contribution in [1.29, 1.82) is 0 Å². The number of pyridine rings is 1. The van der Waals surface area contributed by atoms with Gasteiger partial charge in [-0.3, -0.25) is 14.4 Å². The monoisotopic (exact) mass is 359 g/mol. The molecule has 0 aromatic carbocycles. The summed E-state index contributed by atoms with van der Waals surface area (Å²) in [5, 5.41) is 0. The highest BCUT2D eigenvalue weighted by Gasteiger charge is 2.42. The minimum absolute atomic E-state index is 0.00923. The summed E-state index contributed by atoms with van der Waals surface area (Å²) in [6.45, 7) is 5.11. The van der Waals surface area contributed by atoms with E-state index in [1.807, 2.05) is 9.80 Å². The van der Waals surface area contributed by atoms with Gasteiger partial charge in [0.2, 0.25) is 5.91 Å². The third-order valence-corrected chi connectivity index (χ3v) is 5.83. The molecule has 0 saturated carbocycles. The van der Waals surface area contributed by atoms with Crippen molar-refractivity contribution in [2.24, 2.45) is 12.5 Å². The molecule has 1 aromatic heterocycles. The molecule has 142 valence electrons. The van der Waals surface area contributed by atoms with Gasteiger partial charge < -0.3 is 14.4 Å². The van der Waals surface area contributed by atoms with Crippen LogP contribution < -0.4 is 5.56 Å². The molecule has 6 heteroatoms. The Morgan fingerprint density at radius 3 is 2.77 bits per heavy atom. The quantitative estimate of drug-likeness (QED) is 0.826. The highest BCUT2D eigenvalue weighted by atomic mass is 16.2. The fraction of sp³-hybridized carbons (Fsp3) is 0.650. The van der Waals surface area contributed by atoms with E-state index in [-0.39, 0.29) is 22.8 Å². The lowest BCUT2D eigenvalue weighted by Crippen LogP contribution is -2.55. The third kappa shape index (κ3) is 3.84. The van der Waals surface area contributed by atoms with E-state index in [1.165, 1.54) is 10.6 Å². The van der Waals surface area contributed by atoms with Gasteiger partial charge in [-0.15, -0.1) is 0 Å². The van der Waals surface area contributed by atoms with Crippen molar-refractivity contribution in [2.75, 3.05) is 26.2 Å². The Bertz CT molecular complexity index is 742. The van der Waals surface area contributed by atoms with E-state index >= 15 is 0 Å². The van der Waals surface area contributed by atoms with E-state index in [2.05, 4.69) is 6.92 Å². The van der Waals surface area contributed by atoms with Crippen molar-refractivity contribution < 1.29 is 9.59 Å². The molecule has 0 aliphatic carbocycles. The van der Waals surface area contributed by atoms with Crippen LogP contribution in [0.4, 0.5) is 0 Å². The van der Waals surface area contributed by atoms with Crippen LogP contribution in [0.5, 0.6) is 0 Å². The summed E-state index contributed by atoms with van der Waals surface area (Å²) in [5.41, 5.74) is 0.298. The van der Waals surface area contributed by atoms with Crippen molar-refractivity contribution in [1.82, 2.24) is 14.4 Å². The highest BCUT2D eigenvalue weighted by molar-refractivity contribution is 5.94. The molecule has 1 aromatic rings. The average molecular weight is 359 g/mol. The number of hydrogen-bond donors (Lipinski definition) is 0. The normalized spacial score (nSPS) is 23.5. The van der Waals surface area contributed by atoms with Crippen LogP contribution in [0, 0.1) is 5.41 Å². The van der Waals surface area contributed by atoms with E-state index in [1.54, 1.807) is 19.3 Å². The maximum absolute atomic E-state index is 12.9. The lowest BCUT2D eigenvalue weighted by atomic mass is 9.73. The van der Waals surface area contributed by atoms with Gasteiger partial charge >= 0.3 is 0 Å². The number of rotatable bonds is 4. The number of carbonyl (C=O) groups is 2. The van der Waals surface area contributed by atoms with Crippen LogP contribution in [-0.4, -0.2) is 52.4 Å². The van der Waals surface area contributed by atoms with E-state index < -0.39 is 0 Å². The summed E-state index contributed by atoms with van der Waals surface area (Å²) >= 11 is 0. The van der Waals surface area contributed by atoms with Gasteiger partial charge in [-0.1, -0.05) is 13.3 Å². The Morgan fingerprint density at radius 1 is 1.23 bits per heavy atom. The molecule has 2 fully saturated rings. The SMILES string of the molecule is CCCCN1C[C@]2(CCCN(C(=O)c3ccn(C)c(=O)c3)C2)CCC1=O. The lowest BCUT2D eigenvalue weighted by molar-refractivity contribution is -0.139. The first-order valence-electron chi connectivity index (χ1n) is 9.68. The molecule has 0 unspecified atom stereocenters. The Labute approximate surface area is 154 Å². The molecule has 3 heterocycles. The summed E-state index contributed by atoms with van der Waals surface area (Å²) in [5.74, 6) is 0.179. The number of nitrogens with zero attached hydrogens (tertiary/aromatic N) is 3. The Hall–Kier alpha value is -2.11. The molecule has 2 amide bonds. The van der Waals surface area contributed by atoms with Crippen molar-refractivity contribution in [3.63, 3.8) is 0 Å². The first-order valence-corrected chi connectivity index (χ1v) is 9.68. The van der Waals surface area contributed by atoms with Crippen LogP contribution in [0.25, 0.3) is 0 Å². The third-order valence-electron chi connectivity index (χ3n) is 5.83. The van der Waals surface area contributed by atoms with Gasteiger partial charge in [0, 0.05) is 62.9 Å². The predicted octanol–water partition coefficient (Wildman–Crippen LogP) is 2.03. The number of likely N-dealkylation sites (tertiary alicyclic amines) is 2. The molecule has 0 N–H and O–H groups in total. The smallest absolute Gasteiger partial charge is 0.254 e. The van der Waals surface area contributed by atoms with Crippen molar-refractivity contribution in [2.45, 2.75) is 45.4 Å². The van der Waals surface area contributed by atoms with Gasteiger partial charge in [0.05, 0.1) is 0 Å². The summed E-state index contributed by atoms with van der Waals surface area (Å²) in [4.78, 5) is 40.9. The van der Waals surface area contributed by atoms with Crippen molar-refractivity contribution >= 4 is 11.8 Å². The number of hydrogen-bond acceptors (Lipinski definition) is 3. The number of unbranched alkanes of at least 4 members (excludes halogenated alkanes) is 1. The van der Waals surface area contributed by atoms with Crippen LogP contribution in [0.1, 0.15) is 55.8 Å². The molecule has 1 atom stereocenters. The van der Waals surface area contributed by atoms with E-state index in [0.29, 0.717) is 18.5 Å². The molecule has 0 radical (unpaired) electrons. The average Bonchev–Trinajstić information content (AvgIpc) is 2.64. The van der Waals surface area contributed by atoms with E-state index in [4.69, 9.17) is 0 Å². The molecule has 2 aliphatic heterocycles. The van der Waals surface area contributed by atoms with Crippen LogP contribution in [0.15, 0.2) is 23.1 Å². The van der Waals surface area contributed by atoms with Gasteiger partial charge in [0.25, 0.3) is 11.5 Å². The van der Waals surface area contributed by atoms with Crippen LogP contribution in [0.3, 0.4) is 0 Å².